The summed E-state index contributed by atoms with van der Waals surface area (Å²) in [6.45, 7) is 1.85. The van der Waals surface area contributed by atoms with Crippen LogP contribution in [0.5, 0.6) is 0 Å². The molecule has 120 valence electrons. The van der Waals surface area contributed by atoms with E-state index in [9.17, 15) is 14.9 Å². The maximum atomic E-state index is 11.9. The van der Waals surface area contributed by atoms with Gasteiger partial charge in [-0.2, -0.15) is 0 Å². The van der Waals surface area contributed by atoms with Crippen molar-refractivity contribution in [2.45, 2.75) is 6.92 Å². The molecule has 4 N–H and O–H groups in total. The Bertz CT molecular complexity index is 719. The molecule has 0 radical (unpaired) electrons. The number of non-ortho nitro benzene ring substituents is 1. The zero-order valence-electron chi connectivity index (χ0n) is 12.4. The third-order valence-electron chi connectivity index (χ3n) is 3.16. The van der Waals surface area contributed by atoms with Gasteiger partial charge < -0.3 is 10.5 Å². The van der Waals surface area contributed by atoms with Crippen LogP contribution in [0.15, 0.2) is 54.0 Å². The van der Waals surface area contributed by atoms with E-state index in [0.29, 0.717) is 11.1 Å². The van der Waals surface area contributed by atoms with Gasteiger partial charge in [0.25, 0.3) is 5.69 Å². The van der Waals surface area contributed by atoms with Crippen LogP contribution in [-0.4, -0.2) is 22.5 Å². The number of hydrogen-bond acceptors (Lipinski definition) is 7. The molecular weight excluding hydrogens is 300 g/mol. The van der Waals surface area contributed by atoms with E-state index in [4.69, 9.17) is 16.3 Å². The molecule has 0 aromatic heterocycles. The highest BCUT2D eigenvalue weighted by Crippen LogP contribution is 2.30. The fourth-order valence-electron chi connectivity index (χ4n) is 2.11. The van der Waals surface area contributed by atoms with E-state index in [2.05, 4.69) is 0 Å². The van der Waals surface area contributed by atoms with Crippen molar-refractivity contribution in [3.05, 3.63) is 69.7 Å². The van der Waals surface area contributed by atoms with Crippen molar-refractivity contribution in [2.75, 3.05) is 6.61 Å². The molecule has 0 amide bonds. The van der Waals surface area contributed by atoms with Crippen molar-refractivity contribution in [1.82, 2.24) is 5.01 Å². The van der Waals surface area contributed by atoms with Gasteiger partial charge in [-0.15, -0.1) is 0 Å². The largest absolute Gasteiger partial charge is 0.461 e. The minimum absolute atomic E-state index is 0.0331. The summed E-state index contributed by atoms with van der Waals surface area (Å²) in [5.41, 5.74) is 7.19. The van der Waals surface area contributed by atoms with E-state index in [1.165, 1.54) is 23.3 Å². The second-order valence-electron chi connectivity index (χ2n) is 4.62. The lowest BCUT2D eigenvalue weighted by Crippen LogP contribution is -2.32. The Balaban J connectivity index is 2.47. The van der Waals surface area contributed by atoms with Crippen molar-refractivity contribution in [1.29, 1.82) is 0 Å². The molecule has 1 aliphatic heterocycles. The summed E-state index contributed by atoms with van der Waals surface area (Å²) < 4.78 is 4.90. The lowest BCUT2D eigenvalue weighted by molar-refractivity contribution is -0.384. The Hall–Kier alpha value is -3.13. The first-order chi connectivity index (χ1) is 11.0. The number of rotatable bonds is 4. The zero-order valence-corrected chi connectivity index (χ0v) is 12.4. The van der Waals surface area contributed by atoms with Crippen molar-refractivity contribution >= 4 is 17.2 Å². The van der Waals surface area contributed by atoms with Crippen molar-refractivity contribution in [2.24, 2.45) is 11.6 Å². The van der Waals surface area contributed by atoms with Crippen LogP contribution in [0.1, 0.15) is 12.5 Å². The molecule has 8 heteroatoms. The normalized spacial score (nSPS) is 15.9. The number of allylic oxidation sites excluding steroid dienone is 3. The van der Waals surface area contributed by atoms with Gasteiger partial charge in [0.15, 0.2) is 0 Å². The Kier molecular flexibility index (Phi) is 4.77. The van der Waals surface area contributed by atoms with Gasteiger partial charge in [-0.25, -0.2) is 10.6 Å². The first kappa shape index (κ1) is 16.2. The summed E-state index contributed by atoms with van der Waals surface area (Å²) in [5, 5.41) is 11.9. The van der Waals surface area contributed by atoms with Crippen molar-refractivity contribution in [3.63, 3.8) is 0 Å². The molecule has 2 rings (SSSR count). The number of hydrogen-bond donors (Lipinski definition) is 2. The van der Waals surface area contributed by atoms with Gasteiger partial charge in [-0.1, -0.05) is 6.08 Å². The van der Waals surface area contributed by atoms with Gasteiger partial charge in [0.05, 0.1) is 17.2 Å². The SMILES string of the molecule is CCOC(=O)/C(N)=C1\C(c2ccc([N+](=O)[O-])cc2)=CC=CN1N. The first-order valence-electron chi connectivity index (χ1n) is 6.80. The third kappa shape index (κ3) is 3.38. The van der Waals surface area contributed by atoms with E-state index >= 15 is 0 Å². The third-order valence-corrected chi connectivity index (χ3v) is 3.16. The zero-order chi connectivity index (χ0) is 17.0. The van der Waals surface area contributed by atoms with Crippen LogP contribution >= 0.6 is 0 Å². The average Bonchev–Trinajstić information content (AvgIpc) is 2.54. The molecule has 0 saturated heterocycles. The van der Waals surface area contributed by atoms with Crippen LogP contribution in [0.25, 0.3) is 5.57 Å². The number of ether oxygens (including phenoxy) is 1. The summed E-state index contributed by atoms with van der Waals surface area (Å²) in [7, 11) is 0. The lowest BCUT2D eigenvalue weighted by atomic mass is 9.98. The summed E-state index contributed by atoms with van der Waals surface area (Å²) >= 11 is 0. The van der Waals surface area contributed by atoms with Crippen LogP contribution in [-0.2, 0) is 9.53 Å². The Labute approximate surface area is 132 Å². The number of nitrogens with two attached hydrogens (primary N) is 2. The quantitative estimate of drug-likeness (QED) is 0.283. The molecule has 0 unspecified atom stereocenters. The van der Waals surface area contributed by atoms with Crippen molar-refractivity contribution < 1.29 is 14.5 Å². The number of esters is 1. The minimum atomic E-state index is -0.680. The van der Waals surface area contributed by atoms with Crippen LogP contribution in [0, 0.1) is 10.1 Å². The van der Waals surface area contributed by atoms with E-state index in [-0.39, 0.29) is 23.7 Å². The molecule has 0 saturated carbocycles. The predicted octanol–water partition coefficient (Wildman–Crippen LogP) is 1.41. The highest BCUT2D eigenvalue weighted by molar-refractivity contribution is 5.95. The first-order valence-corrected chi connectivity index (χ1v) is 6.80. The second-order valence-corrected chi connectivity index (χ2v) is 4.62. The van der Waals surface area contributed by atoms with E-state index < -0.39 is 10.9 Å². The molecule has 1 aliphatic rings. The maximum Gasteiger partial charge on any atom is 0.356 e. The van der Waals surface area contributed by atoms with Gasteiger partial charge in [0.1, 0.15) is 5.70 Å². The average molecular weight is 316 g/mol. The van der Waals surface area contributed by atoms with E-state index in [0.717, 1.165) is 0 Å². The number of benzene rings is 1. The summed E-state index contributed by atoms with van der Waals surface area (Å²) in [6.07, 6.45) is 4.93. The van der Waals surface area contributed by atoms with E-state index in [1.54, 1.807) is 31.2 Å². The molecular formula is C15H16N4O4. The van der Waals surface area contributed by atoms with Gasteiger partial charge in [-0.05, 0) is 30.7 Å². The summed E-state index contributed by atoms with van der Waals surface area (Å²) in [4.78, 5) is 22.1. The van der Waals surface area contributed by atoms with Gasteiger partial charge in [0.2, 0.25) is 0 Å². The molecule has 1 heterocycles. The number of carbonyl (C=O) groups excluding carboxylic acids is 1. The fraction of sp³-hybridized carbons (Fsp3) is 0.133. The Morgan fingerprint density at radius 1 is 1.35 bits per heavy atom. The minimum Gasteiger partial charge on any atom is -0.461 e. The number of nitrogens with zero attached hydrogens (tertiary/aromatic N) is 2. The van der Waals surface area contributed by atoms with Crippen LogP contribution in [0.3, 0.4) is 0 Å². The number of hydrazine groups is 1. The van der Waals surface area contributed by atoms with Crippen LogP contribution in [0.2, 0.25) is 0 Å². The van der Waals surface area contributed by atoms with Crippen LogP contribution < -0.4 is 11.6 Å². The summed E-state index contributed by atoms with van der Waals surface area (Å²) in [6, 6.07) is 5.87. The Morgan fingerprint density at radius 3 is 2.57 bits per heavy atom. The standard InChI is InChI=1S/C15H16N4O4/c1-2-23-15(20)13(16)14-12(4-3-9-18(14)17)10-5-7-11(8-6-10)19(21)22/h3-9H,2,16-17H2,1H3/b14-13-. The predicted molar refractivity (Wildman–Crippen MR) is 84.1 cm³/mol. The number of nitro groups is 1. The molecule has 0 spiro atoms. The van der Waals surface area contributed by atoms with Gasteiger partial charge >= 0.3 is 5.97 Å². The molecule has 0 atom stereocenters. The second kappa shape index (κ2) is 6.75. The monoisotopic (exact) mass is 316 g/mol. The molecule has 1 aromatic carbocycles. The van der Waals surface area contributed by atoms with Crippen LogP contribution in [0.4, 0.5) is 5.69 Å². The van der Waals surface area contributed by atoms with Crippen molar-refractivity contribution in [3.8, 4) is 0 Å². The molecule has 8 nitrogen and oxygen atoms in total. The molecule has 1 aromatic rings. The molecule has 0 fully saturated rings. The van der Waals surface area contributed by atoms with E-state index in [1.807, 2.05) is 0 Å². The molecule has 0 bridgehead atoms. The molecule has 0 aliphatic carbocycles. The topological polar surface area (TPSA) is 125 Å². The smallest absolute Gasteiger partial charge is 0.356 e. The number of carbonyl (C=O) groups is 1. The van der Waals surface area contributed by atoms with Gasteiger partial charge in [0, 0.05) is 23.9 Å². The highest BCUT2D eigenvalue weighted by atomic mass is 16.6. The molecule has 23 heavy (non-hydrogen) atoms. The lowest BCUT2D eigenvalue weighted by Gasteiger charge is -2.25. The Morgan fingerprint density at radius 2 is 2.00 bits per heavy atom. The maximum absolute atomic E-state index is 11.9. The summed E-state index contributed by atoms with van der Waals surface area (Å²) in [5.74, 6) is 5.19. The number of nitro benzene ring substituents is 1. The highest BCUT2D eigenvalue weighted by Gasteiger charge is 2.23. The fourth-order valence-corrected chi connectivity index (χ4v) is 2.11. The van der Waals surface area contributed by atoms with Gasteiger partial charge in [-0.3, -0.25) is 15.1 Å².